The Kier molecular flexibility index (Phi) is 6.95. The fourth-order valence-electron chi connectivity index (χ4n) is 1.85. The fourth-order valence-corrected chi connectivity index (χ4v) is 1.85. The van der Waals surface area contributed by atoms with Crippen LogP contribution < -0.4 is 0 Å². The first-order chi connectivity index (χ1) is 9.29. The van der Waals surface area contributed by atoms with Crippen LogP contribution in [-0.4, -0.2) is 15.4 Å². The van der Waals surface area contributed by atoms with Crippen molar-refractivity contribution in [2.24, 2.45) is 0 Å². The van der Waals surface area contributed by atoms with E-state index in [4.69, 9.17) is 0 Å². The number of aromatic nitrogens is 3. The van der Waals surface area contributed by atoms with Crippen LogP contribution in [0.4, 0.5) is 0 Å². The Hall–Kier alpha value is -1.68. The molecule has 1 radical (unpaired) electrons. The van der Waals surface area contributed by atoms with Crippen LogP contribution in [0.5, 0.6) is 0 Å². The molecule has 0 saturated carbocycles. The number of aromatic amines is 1. The summed E-state index contributed by atoms with van der Waals surface area (Å²) >= 11 is 0. The van der Waals surface area contributed by atoms with E-state index in [2.05, 4.69) is 77.8 Å². The molecule has 0 aliphatic carbocycles. The number of nitrogens with zero attached hydrogens (tertiary/aromatic N) is 2. The van der Waals surface area contributed by atoms with Crippen molar-refractivity contribution in [3.63, 3.8) is 0 Å². The molecule has 0 amide bonds. The molecule has 0 aliphatic rings. The van der Waals surface area contributed by atoms with Crippen molar-refractivity contribution >= 4 is 0 Å². The molecule has 0 bridgehead atoms. The van der Waals surface area contributed by atoms with E-state index < -0.39 is 0 Å². The summed E-state index contributed by atoms with van der Waals surface area (Å²) < 4.78 is 0. The van der Waals surface area contributed by atoms with Gasteiger partial charge in [-0.2, -0.15) is 0 Å². The van der Waals surface area contributed by atoms with Crippen LogP contribution in [0.1, 0.15) is 11.1 Å². The van der Waals surface area contributed by atoms with E-state index in [-0.39, 0.29) is 22.4 Å². The number of nitrogens with one attached hydrogen (secondary N) is 1. The molecular weight excluding hydrogens is 342 g/mol. The Morgan fingerprint density at radius 1 is 0.900 bits per heavy atom. The molecule has 1 N–H and O–H groups in total. The summed E-state index contributed by atoms with van der Waals surface area (Å²) in [5, 5.41) is 9.26. The minimum Gasteiger partial charge on any atom is -0.266 e. The van der Waals surface area contributed by atoms with E-state index in [1.54, 1.807) is 12.4 Å². The molecule has 107 valence electrons. The van der Waals surface area contributed by atoms with Crippen molar-refractivity contribution in [2.75, 3.05) is 0 Å². The number of benzene rings is 2. The summed E-state index contributed by atoms with van der Waals surface area (Å²) in [5.74, 6) is 0. The van der Waals surface area contributed by atoms with Crippen LogP contribution >= 0.6 is 0 Å². The van der Waals surface area contributed by atoms with Crippen molar-refractivity contribution in [2.45, 2.75) is 13.8 Å². The van der Waals surface area contributed by atoms with E-state index in [0.717, 1.165) is 0 Å². The average Bonchev–Trinajstić information content (AvgIpc) is 3.02. The van der Waals surface area contributed by atoms with Crippen LogP contribution in [-0.2, 0) is 22.4 Å². The zero-order chi connectivity index (χ0) is 13.5. The van der Waals surface area contributed by atoms with Gasteiger partial charge < -0.3 is 0 Å². The monoisotopic (exact) mass is 358 g/mol. The van der Waals surface area contributed by atoms with Gasteiger partial charge in [-0.1, -0.05) is 53.7 Å². The number of hydrogen-bond acceptors (Lipinski definition) is 2. The molecule has 0 spiro atoms. The van der Waals surface area contributed by atoms with Gasteiger partial charge in [0.2, 0.25) is 0 Å². The van der Waals surface area contributed by atoms with E-state index in [9.17, 15) is 0 Å². The van der Waals surface area contributed by atoms with E-state index >= 15 is 0 Å². The van der Waals surface area contributed by atoms with Gasteiger partial charge in [-0.15, -0.1) is 5.10 Å². The summed E-state index contributed by atoms with van der Waals surface area (Å²) in [4.78, 5) is 0. The minimum atomic E-state index is 0. The Morgan fingerprint density at radius 3 is 2.20 bits per heavy atom. The standard InChI is InChI=1S/C14H14.C2H3N3.Ag/c1-11-7-6-10-14(12(11)2)13-8-4-3-5-9-13;1-2-4-5-3-1;/h3-10H,1-2H3;1-2H,(H,3,4,5);. The van der Waals surface area contributed by atoms with Gasteiger partial charge >= 0.3 is 0 Å². The molecule has 0 aliphatic heterocycles. The van der Waals surface area contributed by atoms with Gasteiger partial charge in [0, 0.05) is 28.6 Å². The molecule has 1 aromatic heterocycles. The van der Waals surface area contributed by atoms with E-state index in [1.165, 1.54) is 22.3 Å². The van der Waals surface area contributed by atoms with Gasteiger partial charge in [-0.3, -0.25) is 5.10 Å². The first-order valence-corrected chi connectivity index (χ1v) is 6.21. The maximum Gasteiger partial charge on any atom is 0.0690 e. The fraction of sp³-hybridized carbons (Fsp3) is 0.125. The summed E-state index contributed by atoms with van der Waals surface area (Å²) in [6.45, 7) is 4.33. The number of hydrogen-bond donors (Lipinski definition) is 1. The molecule has 4 heteroatoms. The topological polar surface area (TPSA) is 41.6 Å². The zero-order valence-electron chi connectivity index (χ0n) is 11.5. The van der Waals surface area contributed by atoms with Crippen LogP contribution in [0.3, 0.4) is 0 Å². The third-order valence-corrected chi connectivity index (χ3v) is 3.02. The first-order valence-electron chi connectivity index (χ1n) is 6.21. The molecule has 0 atom stereocenters. The molecule has 20 heavy (non-hydrogen) atoms. The molecule has 0 saturated heterocycles. The minimum absolute atomic E-state index is 0. The van der Waals surface area contributed by atoms with Crippen molar-refractivity contribution in [3.05, 3.63) is 72.1 Å². The summed E-state index contributed by atoms with van der Waals surface area (Å²) in [5.41, 5.74) is 5.37. The normalized spacial score (nSPS) is 9.10. The summed E-state index contributed by atoms with van der Waals surface area (Å²) in [6.07, 6.45) is 3.24. The second-order valence-corrected chi connectivity index (χ2v) is 4.27. The molecule has 0 fully saturated rings. The predicted octanol–water partition coefficient (Wildman–Crippen LogP) is 3.77. The van der Waals surface area contributed by atoms with Crippen molar-refractivity contribution < 1.29 is 22.4 Å². The van der Waals surface area contributed by atoms with Crippen LogP contribution in [0.2, 0.25) is 0 Å². The Balaban J connectivity index is 0.000000283. The average molecular weight is 359 g/mol. The number of rotatable bonds is 1. The second-order valence-electron chi connectivity index (χ2n) is 4.27. The van der Waals surface area contributed by atoms with Gasteiger partial charge in [0.25, 0.3) is 0 Å². The van der Waals surface area contributed by atoms with Gasteiger partial charge in [0.15, 0.2) is 0 Å². The Labute approximate surface area is 135 Å². The maximum atomic E-state index is 3.42. The van der Waals surface area contributed by atoms with Gasteiger partial charge in [-0.25, -0.2) is 0 Å². The summed E-state index contributed by atoms with van der Waals surface area (Å²) in [7, 11) is 0. The number of H-pyrrole nitrogens is 1. The van der Waals surface area contributed by atoms with E-state index in [0.29, 0.717) is 0 Å². The van der Waals surface area contributed by atoms with Crippen LogP contribution in [0.25, 0.3) is 11.1 Å². The zero-order valence-corrected chi connectivity index (χ0v) is 13.0. The molecular formula is C16H17AgN3. The molecule has 3 aromatic rings. The quantitative estimate of drug-likeness (QED) is 0.672. The number of aryl methyl sites for hydroxylation is 1. The molecule has 1 heterocycles. The van der Waals surface area contributed by atoms with Crippen LogP contribution in [0.15, 0.2) is 60.9 Å². The molecule has 3 nitrogen and oxygen atoms in total. The third-order valence-electron chi connectivity index (χ3n) is 3.02. The smallest absolute Gasteiger partial charge is 0.0690 e. The molecule has 3 rings (SSSR count). The van der Waals surface area contributed by atoms with Gasteiger partial charge in [-0.05, 0) is 36.1 Å². The van der Waals surface area contributed by atoms with E-state index in [1.807, 2.05) is 0 Å². The molecule has 0 unspecified atom stereocenters. The van der Waals surface area contributed by atoms with Crippen molar-refractivity contribution in [3.8, 4) is 11.1 Å². The van der Waals surface area contributed by atoms with Gasteiger partial charge in [0.05, 0.1) is 6.20 Å². The molecule has 2 aromatic carbocycles. The Bertz CT molecular complexity index is 590. The SMILES string of the molecule is Cc1cccc(-c2ccccc2)c1C.[Ag].c1c[nH]nn1. The maximum absolute atomic E-state index is 3.42. The summed E-state index contributed by atoms with van der Waals surface area (Å²) in [6, 6.07) is 17.0. The predicted molar refractivity (Wildman–Crippen MR) is 77.7 cm³/mol. The van der Waals surface area contributed by atoms with Crippen LogP contribution in [0, 0.1) is 13.8 Å². The Morgan fingerprint density at radius 2 is 1.65 bits per heavy atom. The van der Waals surface area contributed by atoms with Crippen molar-refractivity contribution in [1.29, 1.82) is 0 Å². The third kappa shape index (κ3) is 4.46. The van der Waals surface area contributed by atoms with Gasteiger partial charge in [0.1, 0.15) is 0 Å². The largest absolute Gasteiger partial charge is 0.266 e. The van der Waals surface area contributed by atoms with Crippen molar-refractivity contribution in [1.82, 2.24) is 15.4 Å². The second kappa shape index (κ2) is 8.48. The first kappa shape index (κ1) is 16.4.